The maximum absolute atomic E-state index is 12.6. The predicted octanol–water partition coefficient (Wildman–Crippen LogP) is 3.77. The summed E-state index contributed by atoms with van der Waals surface area (Å²) in [4.78, 5) is 37.9. The first-order valence-electron chi connectivity index (χ1n) is 8.88. The van der Waals surface area contributed by atoms with Crippen LogP contribution in [0.2, 0.25) is 0 Å². The smallest absolute Gasteiger partial charge is 0.307 e. The Kier molecular flexibility index (Phi) is 7.15. The number of esters is 1. The molecule has 8 heteroatoms. The molecule has 29 heavy (non-hydrogen) atoms. The third kappa shape index (κ3) is 5.75. The molecule has 0 fully saturated rings. The Hall–Kier alpha value is -2.97. The van der Waals surface area contributed by atoms with Gasteiger partial charge in [-0.25, -0.2) is 0 Å². The summed E-state index contributed by atoms with van der Waals surface area (Å²) in [5.74, 6) is -0.787. The Labute approximate surface area is 176 Å². The largest absolute Gasteiger partial charge is 0.469 e. The maximum Gasteiger partial charge on any atom is 0.307 e. The van der Waals surface area contributed by atoms with Gasteiger partial charge in [-0.05, 0) is 40.6 Å². The quantitative estimate of drug-likeness (QED) is 0.535. The van der Waals surface area contributed by atoms with Crippen molar-refractivity contribution in [2.45, 2.75) is 19.0 Å². The molecule has 0 aliphatic heterocycles. The Morgan fingerprint density at radius 3 is 2.31 bits per heavy atom. The fourth-order valence-corrected chi connectivity index (χ4v) is 4.07. The molecule has 0 aliphatic rings. The van der Waals surface area contributed by atoms with Gasteiger partial charge in [0.2, 0.25) is 0 Å². The average molecular weight is 429 g/mol. The lowest BCUT2D eigenvalue weighted by molar-refractivity contribution is -0.141. The minimum atomic E-state index is -0.445. The van der Waals surface area contributed by atoms with Crippen molar-refractivity contribution >= 4 is 40.5 Å². The molecule has 6 nitrogen and oxygen atoms in total. The van der Waals surface area contributed by atoms with Gasteiger partial charge in [0.1, 0.15) is 0 Å². The van der Waals surface area contributed by atoms with Crippen LogP contribution in [0.1, 0.15) is 42.9 Å². The van der Waals surface area contributed by atoms with Gasteiger partial charge in [0.05, 0.1) is 24.4 Å². The number of ether oxygens (including phenoxy) is 1. The van der Waals surface area contributed by atoms with E-state index in [4.69, 9.17) is 4.74 Å². The molecule has 0 aliphatic carbocycles. The molecule has 1 unspecified atom stereocenters. The standard InChI is InChI=1S/C21H20N2O4S2/c1-27-19(24)12-16(17-4-2-10-28-17)23-20(25)15-8-6-14(7-9-15)13-22-21(26)18-5-3-11-29-18/h2-11,16H,12-13H2,1H3,(H,22,26)(H,23,25). The van der Waals surface area contributed by atoms with Crippen molar-refractivity contribution in [3.63, 3.8) is 0 Å². The van der Waals surface area contributed by atoms with Crippen LogP contribution in [0.15, 0.2) is 59.3 Å². The zero-order valence-electron chi connectivity index (χ0n) is 15.7. The highest BCUT2D eigenvalue weighted by atomic mass is 32.1. The third-order valence-corrected chi connectivity index (χ3v) is 6.06. The van der Waals surface area contributed by atoms with E-state index in [9.17, 15) is 14.4 Å². The van der Waals surface area contributed by atoms with Crippen LogP contribution in [0.25, 0.3) is 0 Å². The van der Waals surface area contributed by atoms with Gasteiger partial charge >= 0.3 is 5.97 Å². The fourth-order valence-electron chi connectivity index (χ4n) is 2.66. The molecule has 1 atom stereocenters. The van der Waals surface area contributed by atoms with Gasteiger partial charge < -0.3 is 15.4 Å². The highest BCUT2D eigenvalue weighted by Gasteiger charge is 2.20. The first kappa shape index (κ1) is 20.8. The van der Waals surface area contributed by atoms with Crippen LogP contribution in [0.4, 0.5) is 0 Å². The number of carbonyl (C=O) groups excluding carboxylic acids is 3. The second-order valence-corrected chi connectivity index (χ2v) is 8.11. The third-order valence-electron chi connectivity index (χ3n) is 4.20. The van der Waals surface area contributed by atoms with Gasteiger partial charge in [-0.3, -0.25) is 14.4 Å². The predicted molar refractivity (Wildman–Crippen MR) is 113 cm³/mol. The summed E-state index contributed by atoms with van der Waals surface area (Å²) in [6.07, 6.45) is 0.0651. The molecule has 2 heterocycles. The Morgan fingerprint density at radius 1 is 0.966 bits per heavy atom. The molecule has 1 aromatic carbocycles. The number of hydrogen-bond acceptors (Lipinski definition) is 6. The highest BCUT2D eigenvalue weighted by Crippen LogP contribution is 2.23. The number of methoxy groups -OCH3 is 1. The summed E-state index contributed by atoms with van der Waals surface area (Å²) >= 11 is 2.85. The van der Waals surface area contributed by atoms with Crippen molar-refractivity contribution < 1.29 is 19.1 Å². The van der Waals surface area contributed by atoms with E-state index in [1.54, 1.807) is 30.3 Å². The van der Waals surface area contributed by atoms with Crippen LogP contribution in [0, 0.1) is 0 Å². The van der Waals surface area contributed by atoms with Gasteiger partial charge in [0.25, 0.3) is 11.8 Å². The second kappa shape index (κ2) is 9.99. The van der Waals surface area contributed by atoms with Crippen molar-refractivity contribution in [3.8, 4) is 0 Å². The SMILES string of the molecule is COC(=O)CC(NC(=O)c1ccc(CNC(=O)c2cccs2)cc1)c1cccs1. The summed E-state index contributed by atoms with van der Waals surface area (Å²) in [5.41, 5.74) is 1.36. The minimum Gasteiger partial charge on any atom is -0.469 e. The lowest BCUT2D eigenvalue weighted by Gasteiger charge is -2.16. The Balaban J connectivity index is 1.60. The van der Waals surface area contributed by atoms with Crippen molar-refractivity contribution in [2.24, 2.45) is 0 Å². The number of hydrogen-bond donors (Lipinski definition) is 2. The molecular formula is C21H20N2O4S2. The van der Waals surface area contributed by atoms with Crippen LogP contribution in [-0.4, -0.2) is 24.9 Å². The monoisotopic (exact) mass is 428 g/mol. The molecule has 0 bridgehead atoms. The first-order valence-corrected chi connectivity index (χ1v) is 10.6. The van der Waals surface area contributed by atoms with Crippen LogP contribution < -0.4 is 10.6 Å². The zero-order chi connectivity index (χ0) is 20.6. The van der Waals surface area contributed by atoms with E-state index in [0.29, 0.717) is 17.0 Å². The van der Waals surface area contributed by atoms with Crippen LogP contribution in [0.5, 0.6) is 0 Å². The molecule has 2 amide bonds. The summed E-state index contributed by atoms with van der Waals surface area (Å²) in [7, 11) is 1.32. The topological polar surface area (TPSA) is 84.5 Å². The van der Waals surface area contributed by atoms with Crippen LogP contribution in [-0.2, 0) is 16.1 Å². The Bertz CT molecular complexity index is 951. The van der Waals surface area contributed by atoms with Crippen molar-refractivity contribution in [1.29, 1.82) is 0 Å². The number of amides is 2. The van der Waals surface area contributed by atoms with E-state index in [1.807, 2.05) is 29.0 Å². The molecular weight excluding hydrogens is 408 g/mol. The van der Waals surface area contributed by atoms with Gasteiger partial charge in [-0.1, -0.05) is 24.3 Å². The summed E-state index contributed by atoms with van der Waals surface area (Å²) < 4.78 is 4.74. The molecule has 2 aromatic heterocycles. The van der Waals surface area contributed by atoms with E-state index < -0.39 is 6.04 Å². The van der Waals surface area contributed by atoms with Crippen molar-refractivity contribution in [3.05, 3.63) is 80.2 Å². The van der Waals surface area contributed by atoms with E-state index in [2.05, 4.69) is 10.6 Å². The number of benzene rings is 1. The van der Waals surface area contributed by atoms with Crippen LogP contribution in [0.3, 0.4) is 0 Å². The second-order valence-electron chi connectivity index (χ2n) is 6.18. The van der Waals surface area contributed by atoms with E-state index in [0.717, 1.165) is 10.4 Å². The highest BCUT2D eigenvalue weighted by molar-refractivity contribution is 7.12. The lowest BCUT2D eigenvalue weighted by atomic mass is 10.1. The van der Waals surface area contributed by atoms with Crippen LogP contribution >= 0.6 is 22.7 Å². The molecule has 0 saturated carbocycles. The molecule has 150 valence electrons. The number of rotatable bonds is 8. The molecule has 3 rings (SSSR count). The van der Waals surface area contributed by atoms with Gasteiger partial charge in [-0.2, -0.15) is 0 Å². The summed E-state index contributed by atoms with van der Waals surface area (Å²) in [6.45, 7) is 0.374. The number of nitrogens with one attached hydrogen (secondary N) is 2. The molecule has 0 radical (unpaired) electrons. The molecule has 0 saturated heterocycles. The summed E-state index contributed by atoms with van der Waals surface area (Å²) in [5, 5.41) is 9.49. The maximum atomic E-state index is 12.6. The van der Waals surface area contributed by atoms with Gasteiger partial charge in [0.15, 0.2) is 0 Å². The number of thiophene rings is 2. The van der Waals surface area contributed by atoms with E-state index >= 15 is 0 Å². The molecule has 3 aromatic rings. The van der Waals surface area contributed by atoms with Crippen molar-refractivity contribution in [2.75, 3.05) is 7.11 Å². The first-order chi connectivity index (χ1) is 14.1. The normalized spacial score (nSPS) is 11.5. The van der Waals surface area contributed by atoms with E-state index in [1.165, 1.54) is 29.8 Å². The fraction of sp³-hybridized carbons (Fsp3) is 0.190. The minimum absolute atomic E-state index is 0.0651. The van der Waals surface area contributed by atoms with Gasteiger partial charge in [-0.15, -0.1) is 22.7 Å². The van der Waals surface area contributed by atoms with E-state index in [-0.39, 0.29) is 24.2 Å². The molecule has 0 spiro atoms. The summed E-state index contributed by atoms with van der Waals surface area (Å²) in [6, 6.07) is 13.9. The van der Waals surface area contributed by atoms with Crippen molar-refractivity contribution in [1.82, 2.24) is 10.6 Å². The Morgan fingerprint density at radius 2 is 1.69 bits per heavy atom. The zero-order valence-corrected chi connectivity index (χ0v) is 17.3. The average Bonchev–Trinajstić information content (AvgIpc) is 3.46. The molecule has 2 N–H and O–H groups in total. The lowest BCUT2D eigenvalue weighted by Crippen LogP contribution is -2.30. The number of carbonyl (C=O) groups is 3. The van der Waals surface area contributed by atoms with Gasteiger partial charge in [0, 0.05) is 17.0 Å².